The number of thioether (sulfide) groups is 1. The Morgan fingerprint density at radius 1 is 1.24 bits per heavy atom. The molecule has 3 nitrogen and oxygen atoms in total. The standard InChI is InChI=1S/C13H22N2OS/c16-13-8-11(12-5-1-2-6-15(12)13)14-10-4-3-7-17-9-10/h10-12,14H,1-9H2. The molecule has 0 aromatic heterocycles. The van der Waals surface area contributed by atoms with Crippen LogP contribution in [0.2, 0.25) is 0 Å². The van der Waals surface area contributed by atoms with E-state index in [4.69, 9.17) is 0 Å². The Morgan fingerprint density at radius 3 is 3.00 bits per heavy atom. The van der Waals surface area contributed by atoms with Gasteiger partial charge in [-0.15, -0.1) is 0 Å². The van der Waals surface area contributed by atoms with Crippen LogP contribution in [0.1, 0.15) is 38.5 Å². The molecular weight excluding hydrogens is 232 g/mol. The molecular formula is C13H22N2OS. The van der Waals surface area contributed by atoms with Crippen LogP contribution in [-0.4, -0.2) is 47.0 Å². The van der Waals surface area contributed by atoms with Gasteiger partial charge in [0, 0.05) is 36.8 Å². The predicted molar refractivity (Wildman–Crippen MR) is 71.2 cm³/mol. The molecule has 3 atom stereocenters. The first-order valence-corrected chi connectivity index (χ1v) is 8.13. The van der Waals surface area contributed by atoms with Crippen LogP contribution in [0.5, 0.6) is 0 Å². The maximum Gasteiger partial charge on any atom is 0.224 e. The number of nitrogens with zero attached hydrogens (tertiary/aromatic N) is 1. The molecule has 4 heteroatoms. The van der Waals surface area contributed by atoms with E-state index in [9.17, 15) is 4.79 Å². The Kier molecular flexibility index (Phi) is 3.61. The molecule has 3 unspecified atom stereocenters. The molecule has 0 spiro atoms. The molecule has 3 fully saturated rings. The second-order valence-electron chi connectivity index (χ2n) is 5.54. The first-order valence-electron chi connectivity index (χ1n) is 6.98. The number of hydrogen-bond donors (Lipinski definition) is 1. The number of carbonyl (C=O) groups is 1. The van der Waals surface area contributed by atoms with Crippen molar-refractivity contribution in [1.82, 2.24) is 10.2 Å². The Labute approximate surface area is 108 Å². The van der Waals surface area contributed by atoms with E-state index in [1.165, 1.54) is 43.6 Å². The van der Waals surface area contributed by atoms with E-state index >= 15 is 0 Å². The lowest BCUT2D eigenvalue weighted by molar-refractivity contribution is -0.129. The summed E-state index contributed by atoms with van der Waals surface area (Å²) >= 11 is 2.06. The molecule has 1 N–H and O–H groups in total. The van der Waals surface area contributed by atoms with Gasteiger partial charge in [-0.3, -0.25) is 4.79 Å². The van der Waals surface area contributed by atoms with E-state index in [1.807, 2.05) is 0 Å². The first kappa shape index (κ1) is 11.8. The average Bonchev–Trinajstić information content (AvgIpc) is 2.69. The number of hydrogen-bond acceptors (Lipinski definition) is 3. The molecule has 0 aromatic carbocycles. The minimum Gasteiger partial charge on any atom is -0.338 e. The van der Waals surface area contributed by atoms with E-state index in [0.717, 1.165) is 13.0 Å². The van der Waals surface area contributed by atoms with Crippen LogP contribution in [0.25, 0.3) is 0 Å². The summed E-state index contributed by atoms with van der Waals surface area (Å²) in [6.45, 7) is 1.00. The van der Waals surface area contributed by atoms with Crippen molar-refractivity contribution in [2.24, 2.45) is 0 Å². The van der Waals surface area contributed by atoms with Gasteiger partial charge in [-0.1, -0.05) is 0 Å². The molecule has 1 amide bonds. The van der Waals surface area contributed by atoms with Crippen LogP contribution >= 0.6 is 11.8 Å². The van der Waals surface area contributed by atoms with Gasteiger partial charge in [0.2, 0.25) is 5.91 Å². The van der Waals surface area contributed by atoms with E-state index in [2.05, 4.69) is 22.0 Å². The van der Waals surface area contributed by atoms with Gasteiger partial charge in [0.15, 0.2) is 0 Å². The van der Waals surface area contributed by atoms with Crippen molar-refractivity contribution in [2.75, 3.05) is 18.1 Å². The Balaban J connectivity index is 1.60. The molecule has 3 aliphatic rings. The molecule has 17 heavy (non-hydrogen) atoms. The van der Waals surface area contributed by atoms with Crippen molar-refractivity contribution in [1.29, 1.82) is 0 Å². The summed E-state index contributed by atoms with van der Waals surface area (Å²) in [5.41, 5.74) is 0. The average molecular weight is 254 g/mol. The maximum atomic E-state index is 11.9. The summed E-state index contributed by atoms with van der Waals surface area (Å²) in [4.78, 5) is 14.1. The maximum absolute atomic E-state index is 11.9. The van der Waals surface area contributed by atoms with Crippen LogP contribution in [-0.2, 0) is 4.79 Å². The van der Waals surface area contributed by atoms with E-state index in [1.54, 1.807) is 0 Å². The van der Waals surface area contributed by atoms with E-state index in [0.29, 0.717) is 24.0 Å². The van der Waals surface area contributed by atoms with Crippen LogP contribution in [0.3, 0.4) is 0 Å². The normalized spacial score (nSPS) is 38.2. The monoisotopic (exact) mass is 254 g/mol. The highest BCUT2D eigenvalue weighted by Gasteiger charge is 2.41. The number of rotatable bonds is 2. The fourth-order valence-corrected chi connectivity index (χ4v) is 4.56. The van der Waals surface area contributed by atoms with Gasteiger partial charge in [-0.05, 0) is 37.9 Å². The van der Waals surface area contributed by atoms with Crippen molar-refractivity contribution in [2.45, 2.75) is 56.7 Å². The van der Waals surface area contributed by atoms with E-state index in [-0.39, 0.29) is 0 Å². The Hall–Kier alpha value is -0.220. The summed E-state index contributed by atoms with van der Waals surface area (Å²) in [6, 6.07) is 1.59. The number of fused-ring (bicyclic) bond motifs is 1. The molecule has 3 heterocycles. The third kappa shape index (κ3) is 2.48. The van der Waals surface area contributed by atoms with Gasteiger partial charge < -0.3 is 10.2 Å². The minimum atomic E-state index is 0.385. The Morgan fingerprint density at radius 2 is 2.18 bits per heavy atom. The molecule has 3 aliphatic heterocycles. The lowest BCUT2D eigenvalue weighted by Gasteiger charge is -2.35. The zero-order valence-electron chi connectivity index (χ0n) is 10.4. The summed E-state index contributed by atoms with van der Waals surface area (Å²) < 4.78 is 0. The van der Waals surface area contributed by atoms with Gasteiger partial charge in [-0.25, -0.2) is 0 Å². The smallest absolute Gasteiger partial charge is 0.224 e. The van der Waals surface area contributed by atoms with Crippen LogP contribution in [0, 0.1) is 0 Å². The molecule has 3 saturated heterocycles. The minimum absolute atomic E-state index is 0.385. The lowest BCUT2D eigenvalue weighted by atomic mass is 9.98. The first-order chi connectivity index (χ1) is 8.34. The molecule has 0 aromatic rings. The SMILES string of the molecule is O=C1CC(NC2CCCSC2)C2CCCCN12. The van der Waals surface area contributed by atoms with Gasteiger partial charge in [0.1, 0.15) is 0 Å². The van der Waals surface area contributed by atoms with Crippen molar-refractivity contribution in [3.8, 4) is 0 Å². The zero-order valence-corrected chi connectivity index (χ0v) is 11.2. The van der Waals surface area contributed by atoms with Crippen molar-refractivity contribution < 1.29 is 4.79 Å². The molecule has 0 radical (unpaired) electrons. The third-order valence-corrected chi connectivity index (χ3v) is 5.55. The highest BCUT2D eigenvalue weighted by Crippen LogP contribution is 2.29. The number of piperidine rings is 1. The summed E-state index contributed by atoms with van der Waals surface area (Å²) in [5.74, 6) is 2.94. The topological polar surface area (TPSA) is 32.3 Å². The van der Waals surface area contributed by atoms with Crippen molar-refractivity contribution >= 4 is 17.7 Å². The molecule has 0 bridgehead atoms. The highest BCUT2D eigenvalue weighted by molar-refractivity contribution is 7.99. The van der Waals surface area contributed by atoms with E-state index < -0.39 is 0 Å². The molecule has 96 valence electrons. The number of amides is 1. The highest BCUT2D eigenvalue weighted by atomic mass is 32.2. The van der Waals surface area contributed by atoms with Gasteiger partial charge in [0.05, 0.1) is 0 Å². The molecule has 3 rings (SSSR count). The molecule has 0 saturated carbocycles. The number of nitrogens with one attached hydrogen (secondary N) is 1. The predicted octanol–water partition coefficient (Wildman–Crippen LogP) is 1.62. The zero-order chi connectivity index (χ0) is 11.7. The second kappa shape index (κ2) is 5.19. The van der Waals surface area contributed by atoms with Crippen molar-refractivity contribution in [3.63, 3.8) is 0 Å². The van der Waals surface area contributed by atoms with Crippen molar-refractivity contribution in [3.05, 3.63) is 0 Å². The summed E-state index contributed by atoms with van der Waals surface area (Å²) in [5, 5.41) is 3.76. The summed E-state index contributed by atoms with van der Waals surface area (Å²) in [6.07, 6.45) is 7.08. The number of carbonyl (C=O) groups excluding carboxylic acids is 1. The van der Waals surface area contributed by atoms with Gasteiger partial charge in [-0.2, -0.15) is 11.8 Å². The fraction of sp³-hybridized carbons (Fsp3) is 0.923. The van der Waals surface area contributed by atoms with Crippen LogP contribution < -0.4 is 5.32 Å². The van der Waals surface area contributed by atoms with Gasteiger partial charge in [0.25, 0.3) is 0 Å². The van der Waals surface area contributed by atoms with Crippen LogP contribution in [0.4, 0.5) is 0 Å². The molecule has 0 aliphatic carbocycles. The fourth-order valence-electron chi connectivity index (χ4n) is 3.47. The lowest BCUT2D eigenvalue weighted by Crippen LogP contribution is -2.49. The summed E-state index contributed by atoms with van der Waals surface area (Å²) in [7, 11) is 0. The largest absolute Gasteiger partial charge is 0.338 e. The Bertz CT molecular complexity index is 291. The third-order valence-electron chi connectivity index (χ3n) is 4.34. The quantitative estimate of drug-likeness (QED) is 0.813. The van der Waals surface area contributed by atoms with Crippen LogP contribution in [0.15, 0.2) is 0 Å². The van der Waals surface area contributed by atoms with Gasteiger partial charge >= 0.3 is 0 Å². The second-order valence-corrected chi connectivity index (χ2v) is 6.69.